The number of benzene rings is 1. The largest absolute Gasteiger partial charge is 0.345 e. The number of carbonyl (C=O) groups excluding carboxylic acids is 2. The molecule has 1 heterocycles. The quantitative estimate of drug-likeness (QED) is 0.774. The number of hydrogen-bond donors (Lipinski definition) is 3. The summed E-state index contributed by atoms with van der Waals surface area (Å²) in [5.74, 6) is 0.301. The van der Waals surface area contributed by atoms with Gasteiger partial charge in [0.05, 0.1) is 16.5 Å². The first-order valence-corrected chi connectivity index (χ1v) is 8.45. The van der Waals surface area contributed by atoms with Gasteiger partial charge in [0.15, 0.2) is 0 Å². The highest BCUT2D eigenvalue weighted by molar-refractivity contribution is 8.00. The Morgan fingerprint density at radius 1 is 1.48 bits per heavy atom. The Balaban J connectivity index is 0.00000192. The molecule has 5 nitrogen and oxygen atoms in total. The molecule has 1 saturated carbocycles. The van der Waals surface area contributed by atoms with Gasteiger partial charge in [0.25, 0.3) is 5.91 Å². The smallest absolute Gasteiger partial charge is 0.251 e. The van der Waals surface area contributed by atoms with Crippen LogP contribution in [0, 0.1) is 5.92 Å². The fourth-order valence-electron chi connectivity index (χ4n) is 2.72. The molecular formula is C16H22ClN3O2S. The van der Waals surface area contributed by atoms with E-state index in [0.29, 0.717) is 23.7 Å². The number of amides is 2. The minimum Gasteiger partial charge on any atom is -0.345 e. The maximum Gasteiger partial charge on any atom is 0.251 e. The molecule has 126 valence electrons. The molecule has 0 radical (unpaired) electrons. The highest BCUT2D eigenvalue weighted by Crippen LogP contribution is 2.39. The van der Waals surface area contributed by atoms with Crippen LogP contribution in [-0.4, -0.2) is 29.1 Å². The summed E-state index contributed by atoms with van der Waals surface area (Å²) in [6.07, 6.45) is 2.23. The number of hydrogen-bond acceptors (Lipinski definition) is 4. The zero-order chi connectivity index (χ0) is 15.9. The summed E-state index contributed by atoms with van der Waals surface area (Å²) in [6.45, 7) is 4.30. The summed E-state index contributed by atoms with van der Waals surface area (Å²) in [5.41, 5.74) is 6.76. The van der Waals surface area contributed by atoms with Crippen molar-refractivity contribution in [3.05, 3.63) is 23.8 Å². The lowest BCUT2D eigenvalue weighted by molar-refractivity contribution is -0.115. The van der Waals surface area contributed by atoms with Crippen molar-refractivity contribution in [1.29, 1.82) is 0 Å². The first kappa shape index (κ1) is 18.1. The van der Waals surface area contributed by atoms with Crippen LogP contribution in [0.15, 0.2) is 23.1 Å². The van der Waals surface area contributed by atoms with E-state index in [0.717, 1.165) is 17.7 Å². The summed E-state index contributed by atoms with van der Waals surface area (Å²) in [4.78, 5) is 25.3. The lowest BCUT2D eigenvalue weighted by atomic mass is 9.95. The number of nitrogens with one attached hydrogen (secondary N) is 2. The first-order valence-electron chi connectivity index (χ1n) is 7.57. The standard InChI is InChI=1S/C16H21N3O2S.ClH/c1-9-14(20)18-12-7-10(3-6-13(12)22-9)15(21)19-16(2,8-17)11-4-5-11;/h3,6-7,9,11H,4-5,8,17H2,1-2H3,(H,18,20)(H,19,21);1H. The molecule has 0 spiro atoms. The van der Waals surface area contributed by atoms with E-state index in [1.165, 1.54) is 11.8 Å². The molecule has 2 amide bonds. The Morgan fingerprint density at radius 3 is 2.78 bits per heavy atom. The summed E-state index contributed by atoms with van der Waals surface area (Å²) < 4.78 is 0. The van der Waals surface area contributed by atoms with Gasteiger partial charge >= 0.3 is 0 Å². The number of halogens is 1. The van der Waals surface area contributed by atoms with Gasteiger partial charge in [-0.25, -0.2) is 0 Å². The average Bonchev–Trinajstić information content (AvgIpc) is 3.33. The molecule has 1 aromatic rings. The lowest BCUT2D eigenvalue weighted by Gasteiger charge is -2.30. The van der Waals surface area contributed by atoms with Gasteiger partial charge < -0.3 is 16.4 Å². The second-order valence-corrected chi connectivity index (χ2v) is 7.69. The van der Waals surface area contributed by atoms with Crippen molar-refractivity contribution in [1.82, 2.24) is 5.32 Å². The van der Waals surface area contributed by atoms with E-state index >= 15 is 0 Å². The first-order chi connectivity index (χ1) is 10.4. The van der Waals surface area contributed by atoms with Crippen LogP contribution >= 0.6 is 24.2 Å². The van der Waals surface area contributed by atoms with Crippen molar-refractivity contribution in [3.8, 4) is 0 Å². The normalized spacial score (nSPS) is 22.2. The van der Waals surface area contributed by atoms with Crippen molar-refractivity contribution in [2.24, 2.45) is 11.7 Å². The lowest BCUT2D eigenvalue weighted by Crippen LogP contribution is -2.53. The van der Waals surface area contributed by atoms with Gasteiger partial charge in [0.2, 0.25) is 5.91 Å². The maximum absolute atomic E-state index is 12.5. The third-order valence-electron chi connectivity index (χ3n) is 4.47. The molecule has 1 aromatic carbocycles. The van der Waals surface area contributed by atoms with E-state index in [9.17, 15) is 9.59 Å². The third-order valence-corrected chi connectivity index (χ3v) is 5.65. The van der Waals surface area contributed by atoms with Crippen LogP contribution < -0.4 is 16.4 Å². The van der Waals surface area contributed by atoms with Crippen molar-refractivity contribution in [3.63, 3.8) is 0 Å². The van der Waals surface area contributed by atoms with Crippen LogP contribution in [0.1, 0.15) is 37.0 Å². The molecule has 2 unspecified atom stereocenters. The molecular weight excluding hydrogens is 334 g/mol. The van der Waals surface area contributed by atoms with Crippen molar-refractivity contribution in [2.75, 3.05) is 11.9 Å². The zero-order valence-corrected chi connectivity index (χ0v) is 14.9. The Kier molecular flexibility index (Phi) is 5.28. The molecule has 0 saturated heterocycles. The Hall–Kier alpha value is -1.24. The molecule has 0 bridgehead atoms. The van der Waals surface area contributed by atoms with Gasteiger partial charge in [-0.2, -0.15) is 0 Å². The van der Waals surface area contributed by atoms with Gasteiger partial charge in [-0.3, -0.25) is 9.59 Å². The fraction of sp³-hybridized carbons (Fsp3) is 0.500. The summed E-state index contributed by atoms with van der Waals surface area (Å²) >= 11 is 1.51. The monoisotopic (exact) mass is 355 g/mol. The van der Waals surface area contributed by atoms with Crippen LogP contribution in [-0.2, 0) is 4.79 Å². The summed E-state index contributed by atoms with van der Waals surface area (Å²) in [5, 5.41) is 5.81. The molecule has 1 fully saturated rings. The molecule has 23 heavy (non-hydrogen) atoms. The van der Waals surface area contributed by atoms with Gasteiger partial charge in [-0.15, -0.1) is 24.2 Å². The molecule has 7 heteroatoms. The van der Waals surface area contributed by atoms with E-state index in [2.05, 4.69) is 10.6 Å². The van der Waals surface area contributed by atoms with Gasteiger partial charge in [-0.05, 0) is 50.8 Å². The average molecular weight is 356 g/mol. The van der Waals surface area contributed by atoms with E-state index in [1.807, 2.05) is 19.9 Å². The molecule has 3 rings (SSSR count). The predicted octanol–water partition coefficient (Wildman–Crippen LogP) is 2.40. The predicted molar refractivity (Wildman–Crippen MR) is 95.3 cm³/mol. The van der Waals surface area contributed by atoms with Crippen LogP contribution in [0.5, 0.6) is 0 Å². The Bertz CT molecular complexity index is 636. The second-order valence-electron chi connectivity index (χ2n) is 6.31. The molecule has 0 aromatic heterocycles. The fourth-order valence-corrected chi connectivity index (χ4v) is 3.65. The number of nitrogens with two attached hydrogens (primary N) is 1. The number of anilines is 1. The molecule has 1 aliphatic carbocycles. The number of carbonyl (C=O) groups is 2. The molecule has 1 aliphatic heterocycles. The Labute approximate surface area is 146 Å². The highest BCUT2D eigenvalue weighted by Gasteiger charge is 2.41. The van der Waals surface area contributed by atoms with E-state index in [1.54, 1.807) is 12.1 Å². The second kappa shape index (κ2) is 6.71. The summed E-state index contributed by atoms with van der Waals surface area (Å²) in [6, 6.07) is 5.43. The van der Waals surface area contributed by atoms with Crippen molar-refractivity contribution in [2.45, 2.75) is 42.4 Å². The Morgan fingerprint density at radius 2 is 2.17 bits per heavy atom. The van der Waals surface area contributed by atoms with E-state index in [-0.39, 0.29) is 35.0 Å². The maximum atomic E-state index is 12.5. The van der Waals surface area contributed by atoms with Crippen LogP contribution in [0.2, 0.25) is 0 Å². The number of thioether (sulfide) groups is 1. The van der Waals surface area contributed by atoms with Gasteiger partial charge in [0, 0.05) is 17.0 Å². The summed E-state index contributed by atoms with van der Waals surface area (Å²) in [7, 11) is 0. The van der Waals surface area contributed by atoms with Crippen LogP contribution in [0.25, 0.3) is 0 Å². The minimum atomic E-state index is -0.348. The van der Waals surface area contributed by atoms with Gasteiger partial charge in [-0.1, -0.05) is 0 Å². The third kappa shape index (κ3) is 3.65. The minimum absolute atomic E-state index is 0. The van der Waals surface area contributed by atoms with Crippen LogP contribution in [0.4, 0.5) is 5.69 Å². The van der Waals surface area contributed by atoms with Crippen molar-refractivity contribution < 1.29 is 9.59 Å². The zero-order valence-electron chi connectivity index (χ0n) is 13.2. The molecule has 2 aliphatic rings. The number of rotatable bonds is 4. The van der Waals surface area contributed by atoms with E-state index in [4.69, 9.17) is 5.73 Å². The van der Waals surface area contributed by atoms with Crippen molar-refractivity contribution >= 4 is 41.7 Å². The van der Waals surface area contributed by atoms with Gasteiger partial charge in [0.1, 0.15) is 0 Å². The topological polar surface area (TPSA) is 84.2 Å². The van der Waals surface area contributed by atoms with Crippen LogP contribution in [0.3, 0.4) is 0 Å². The van der Waals surface area contributed by atoms with E-state index < -0.39 is 0 Å². The molecule has 4 N–H and O–H groups in total. The SMILES string of the molecule is CC1Sc2ccc(C(=O)NC(C)(CN)C3CC3)cc2NC1=O.Cl. The number of fused-ring (bicyclic) bond motifs is 1. The molecule has 2 atom stereocenters. The highest BCUT2D eigenvalue weighted by atomic mass is 35.5.